The molecule has 0 fully saturated rings. The van der Waals surface area contributed by atoms with Gasteiger partial charge in [0.15, 0.2) is 0 Å². The van der Waals surface area contributed by atoms with Crippen LogP contribution in [0.4, 0.5) is 0 Å². The molecule has 0 aromatic carbocycles. The Balaban J connectivity index is 4.39. The van der Waals surface area contributed by atoms with Gasteiger partial charge in [-0.2, -0.15) is 0 Å². The average Bonchev–Trinajstić information content (AvgIpc) is 2.30. The maximum atomic E-state index is 12.4. The fourth-order valence-electron chi connectivity index (χ4n) is 2.37. The van der Waals surface area contributed by atoms with Crippen LogP contribution in [0, 0.1) is 17.8 Å². The van der Waals surface area contributed by atoms with Crippen molar-refractivity contribution in [3.63, 3.8) is 0 Å². The fraction of sp³-hybridized carbons (Fsp3) is 0.882. The van der Waals surface area contributed by atoms with Crippen LogP contribution in [-0.4, -0.2) is 22.6 Å². The predicted molar refractivity (Wildman–Crippen MR) is 84.1 cm³/mol. The van der Waals surface area contributed by atoms with E-state index in [0.29, 0.717) is 18.8 Å². The molecular formula is C17H32O4. The molecule has 4 nitrogen and oxygen atoms in total. The summed E-state index contributed by atoms with van der Waals surface area (Å²) in [4.78, 5) is 22.8. The molecule has 0 radical (unpaired) electrons. The second kappa shape index (κ2) is 9.06. The molecule has 0 spiro atoms. The monoisotopic (exact) mass is 300 g/mol. The number of rotatable bonds is 10. The van der Waals surface area contributed by atoms with E-state index in [1.165, 1.54) is 0 Å². The van der Waals surface area contributed by atoms with Crippen LogP contribution in [0.15, 0.2) is 0 Å². The molecule has 0 aromatic heterocycles. The van der Waals surface area contributed by atoms with E-state index >= 15 is 0 Å². The maximum Gasteiger partial charge on any atom is 0.309 e. The summed E-state index contributed by atoms with van der Waals surface area (Å²) in [6.45, 7) is 12.1. The lowest BCUT2D eigenvalue weighted by atomic mass is 9.87. The molecular weight excluding hydrogens is 268 g/mol. The van der Waals surface area contributed by atoms with Gasteiger partial charge in [0.05, 0.1) is 5.92 Å². The predicted octanol–water partition coefficient (Wildman–Crippen LogP) is 4.27. The van der Waals surface area contributed by atoms with E-state index < -0.39 is 11.6 Å². The van der Waals surface area contributed by atoms with E-state index in [0.717, 1.165) is 12.8 Å². The first-order chi connectivity index (χ1) is 9.55. The minimum Gasteiger partial charge on any atom is -0.481 e. The number of esters is 1. The number of aliphatic carboxylic acids is 1. The van der Waals surface area contributed by atoms with E-state index in [9.17, 15) is 9.59 Å². The summed E-state index contributed by atoms with van der Waals surface area (Å²) in [6, 6.07) is 0. The van der Waals surface area contributed by atoms with Gasteiger partial charge in [0.2, 0.25) is 0 Å². The fourth-order valence-corrected chi connectivity index (χ4v) is 2.37. The van der Waals surface area contributed by atoms with Crippen LogP contribution < -0.4 is 0 Å². The Labute approximate surface area is 129 Å². The summed E-state index contributed by atoms with van der Waals surface area (Å²) in [5, 5.41) is 8.62. The SMILES string of the molecule is CC(C)CC(C(=O)OC(C)(C)CCCCC(=O)O)C(C)C. The summed E-state index contributed by atoms with van der Waals surface area (Å²) in [6.07, 6.45) is 3.08. The van der Waals surface area contributed by atoms with Crippen LogP contribution in [0.25, 0.3) is 0 Å². The largest absolute Gasteiger partial charge is 0.481 e. The quantitative estimate of drug-likeness (QED) is 0.483. The Hall–Kier alpha value is -1.06. The van der Waals surface area contributed by atoms with Crippen molar-refractivity contribution >= 4 is 11.9 Å². The first kappa shape index (κ1) is 19.9. The van der Waals surface area contributed by atoms with Crippen molar-refractivity contribution in [3.05, 3.63) is 0 Å². The third-order valence-corrected chi connectivity index (χ3v) is 3.63. The lowest BCUT2D eigenvalue weighted by molar-refractivity contribution is -0.164. The number of carboxylic acids is 1. The number of ether oxygens (including phenoxy) is 1. The number of hydrogen-bond acceptors (Lipinski definition) is 3. The third-order valence-electron chi connectivity index (χ3n) is 3.63. The van der Waals surface area contributed by atoms with Gasteiger partial charge in [-0.05, 0) is 51.4 Å². The van der Waals surface area contributed by atoms with Gasteiger partial charge in [0.1, 0.15) is 5.60 Å². The number of hydrogen-bond donors (Lipinski definition) is 1. The Morgan fingerprint density at radius 1 is 1.10 bits per heavy atom. The highest BCUT2D eigenvalue weighted by molar-refractivity contribution is 5.73. The summed E-state index contributed by atoms with van der Waals surface area (Å²) in [5.41, 5.74) is -0.528. The van der Waals surface area contributed by atoms with Crippen molar-refractivity contribution in [1.29, 1.82) is 0 Å². The minimum atomic E-state index is -0.776. The molecule has 1 atom stereocenters. The topological polar surface area (TPSA) is 63.6 Å². The number of unbranched alkanes of at least 4 members (excludes halogenated alkanes) is 1. The summed E-state index contributed by atoms with van der Waals surface area (Å²) in [5.74, 6) is -0.238. The number of carbonyl (C=O) groups is 2. The molecule has 0 amide bonds. The van der Waals surface area contributed by atoms with Crippen LogP contribution >= 0.6 is 0 Å². The average molecular weight is 300 g/mol. The summed E-state index contributed by atoms with van der Waals surface area (Å²) >= 11 is 0. The molecule has 0 aromatic rings. The molecule has 4 heteroatoms. The Kier molecular flexibility index (Phi) is 8.60. The van der Waals surface area contributed by atoms with E-state index in [4.69, 9.17) is 9.84 Å². The molecule has 0 aliphatic carbocycles. The normalized spacial score (nSPS) is 13.5. The van der Waals surface area contributed by atoms with Gasteiger partial charge in [-0.1, -0.05) is 27.7 Å². The molecule has 0 aliphatic heterocycles. The maximum absolute atomic E-state index is 12.4. The van der Waals surface area contributed by atoms with Gasteiger partial charge in [0.25, 0.3) is 0 Å². The van der Waals surface area contributed by atoms with Crippen molar-refractivity contribution in [2.45, 2.75) is 79.2 Å². The van der Waals surface area contributed by atoms with Crippen molar-refractivity contribution in [1.82, 2.24) is 0 Å². The standard InChI is InChI=1S/C17H32O4/c1-12(2)11-14(13(3)4)16(20)21-17(5,6)10-8-7-9-15(18)19/h12-14H,7-11H2,1-6H3,(H,18,19). The molecule has 0 saturated heterocycles. The van der Waals surface area contributed by atoms with Crippen LogP contribution in [0.5, 0.6) is 0 Å². The first-order valence-electron chi connectivity index (χ1n) is 8.00. The number of carbonyl (C=O) groups excluding carboxylic acids is 1. The van der Waals surface area contributed by atoms with Crippen molar-refractivity contribution in [2.75, 3.05) is 0 Å². The Morgan fingerprint density at radius 3 is 2.10 bits per heavy atom. The smallest absolute Gasteiger partial charge is 0.309 e. The van der Waals surface area contributed by atoms with E-state index in [2.05, 4.69) is 13.8 Å². The highest BCUT2D eigenvalue weighted by Gasteiger charge is 2.30. The third kappa shape index (κ3) is 9.48. The van der Waals surface area contributed by atoms with Gasteiger partial charge in [0, 0.05) is 6.42 Å². The highest BCUT2D eigenvalue weighted by Crippen LogP contribution is 2.26. The Bertz CT molecular complexity index is 332. The molecule has 0 heterocycles. The van der Waals surface area contributed by atoms with Gasteiger partial charge in [-0.25, -0.2) is 0 Å². The van der Waals surface area contributed by atoms with Crippen LogP contribution in [0.3, 0.4) is 0 Å². The molecule has 1 unspecified atom stereocenters. The van der Waals surface area contributed by atoms with Crippen molar-refractivity contribution < 1.29 is 19.4 Å². The summed E-state index contributed by atoms with van der Waals surface area (Å²) < 4.78 is 5.68. The zero-order chi connectivity index (χ0) is 16.6. The Morgan fingerprint density at radius 2 is 1.67 bits per heavy atom. The molecule has 1 N–H and O–H groups in total. The number of carboxylic acid groups (broad SMARTS) is 1. The molecule has 124 valence electrons. The molecule has 21 heavy (non-hydrogen) atoms. The molecule has 0 aliphatic rings. The van der Waals surface area contributed by atoms with E-state index in [1.54, 1.807) is 0 Å². The van der Waals surface area contributed by atoms with E-state index in [1.807, 2.05) is 27.7 Å². The second-order valence-electron chi connectivity index (χ2n) is 7.26. The zero-order valence-corrected chi connectivity index (χ0v) is 14.4. The second-order valence-corrected chi connectivity index (χ2v) is 7.26. The van der Waals surface area contributed by atoms with Crippen LogP contribution in [0.2, 0.25) is 0 Å². The van der Waals surface area contributed by atoms with Crippen molar-refractivity contribution in [2.24, 2.45) is 17.8 Å². The minimum absolute atomic E-state index is 0.0664. The van der Waals surface area contributed by atoms with Gasteiger partial charge < -0.3 is 9.84 Å². The van der Waals surface area contributed by atoms with E-state index in [-0.39, 0.29) is 24.2 Å². The van der Waals surface area contributed by atoms with Crippen LogP contribution in [0.1, 0.15) is 73.6 Å². The highest BCUT2D eigenvalue weighted by atomic mass is 16.6. The molecule has 0 rings (SSSR count). The van der Waals surface area contributed by atoms with Crippen LogP contribution in [-0.2, 0) is 14.3 Å². The molecule has 0 saturated carbocycles. The van der Waals surface area contributed by atoms with Crippen molar-refractivity contribution in [3.8, 4) is 0 Å². The van der Waals surface area contributed by atoms with Gasteiger partial charge in [-0.15, -0.1) is 0 Å². The lowest BCUT2D eigenvalue weighted by Gasteiger charge is -2.29. The molecule has 0 bridgehead atoms. The lowest BCUT2D eigenvalue weighted by Crippen LogP contribution is -2.34. The summed E-state index contributed by atoms with van der Waals surface area (Å²) in [7, 11) is 0. The zero-order valence-electron chi connectivity index (χ0n) is 14.4. The first-order valence-corrected chi connectivity index (χ1v) is 8.00. The van der Waals surface area contributed by atoms with Gasteiger partial charge in [-0.3, -0.25) is 9.59 Å². The van der Waals surface area contributed by atoms with Gasteiger partial charge >= 0.3 is 11.9 Å².